The maximum atomic E-state index is 13.5. The molecule has 0 radical (unpaired) electrons. The van der Waals surface area contributed by atoms with Crippen molar-refractivity contribution in [3.63, 3.8) is 0 Å². The third-order valence-electron chi connectivity index (χ3n) is 2.49. The molecule has 2 rings (SSSR count). The van der Waals surface area contributed by atoms with E-state index in [1.165, 1.54) is 6.07 Å². The fourth-order valence-corrected chi connectivity index (χ4v) is 1.65. The van der Waals surface area contributed by atoms with E-state index in [-0.39, 0.29) is 18.0 Å². The molecule has 0 atom stereocenters. The summed E-state index contributed by atoms with van der Waals surface area (Å²) in [5.41, 5.74) is 0.238. The van der Waals surface area contributed by atoms with E-state index in [4.69, 9.17) is 0 Å². The molecule has 1 heterocycles. The van der Waals surface area contributed by atoms with Crippen LogP contribution in [0, 0.1) is 5.82 Å². The highest BCUT2D eigenvalue weighted by Crippen LogP contribution is 2.31. The average Bonchev–Trinajstić information content (AvgIpc) is 2.44. The van der Waals surface area contributed by atoms with Gasteiger partial charge in [0.05, 0.1) is 17.7 Å². The molecule has 0 spiro atoms. The molecule has 1 aromatic carbocycles. The van der Waals surface area contributed by atoms with Crippen LogP contribution >= 0.6 is 0 Å². The number of halogens is 1. The molecule has 2 N–H and O–H groups in total. The van der Waals surface area contributed by atoms with Crippen LogP contribution in [-0.2, 0) is 16.8 Å². The van der Waals surface area contributed by atoms with Crippen LogP contribution in [0.5, 0.6) is 0 Å². The van der Waals surface area contributed by atoms with Crippen LogP contribution in [0.2, 0.25) is 0 Å². The van der Waals surface area contributed by atoms with E-state index in [2.05, 4.69) is 5.32 Å². The van der Waals surface area contributed by atoms with E-state index in [0.717, 1.165) is 0 Å². The van der Waals surface area contributed by atoms with Crippen LogP contribution in [0.15, 0.2) is 12.1 Å². The number of hydrogen-bond donors (Lipinski definition) is 2. The summed E-state index contributed by atoms with van der Waals surface area (Å²) < 4.78 is 13.5. The van der Waals surface area contributed by atoms with Gasteiger partial charge in [0.1, 0.15) is 5.82 Å². The number of hydrogen-bond acceptors (Lipinski definition) is 2. The van der Waals surface area contributed by atoms with Crippen molar-refractivity contribution >= 4 is 11.6 Å². The van der Waals surface area contributed by atoms with E-state index in [1.54, 1.807) is 19.9 Å². The van der Waals surface area contributed by atoms with E-state index < -0.39 is 11.4 Å². The first-order valence-corrected chi connectivity index (χ1v) is 4.73. The molecule has 1 aliphatic heterocycles. The Kier molecular flexibility index (Phi) is 2.04. The van der Waals surface area contributed by atoms with Gasteiger partial charge in [-0.15, -0.1) is 0 Å². The molecular formula is C11H12FNO2. The molecule has 0 bridgehead atoms. The minimum Gasteiger partial charge on any atom is -0.386 e. The Labute approximate surface area is 86.9 Å². The standard InChI is InChI=1S/C11H12FNO2/c1-11(2,15)7-3-6-4-9(14)13-10(6)8(12)5-7/h3,5,15H,4H2,1-2H3,(H,13,14). The predicted octanol–water partition coefficient (Wildman–Crippen LogP) is 1.55. The molecule has 0 aromatic heterocycles. The Morgan fingerprint density at radius 1 is 1.47 bits per heavy atom. The summed E-state index contributed by atoms with van der Waals surface area (Å²) in [5.74, 6) is -0.702. The number of carbonyl (C=O) groups is 1. The van der Waals surface area contributed by atoms with Gasteiger partial charge >= 0.3 is 0 Å². The first-order chi connectivity index (χ1) is 6.88. The van der Waals surface area contributed by atoms with Gasteiger partial charge in [-0.1, -0.05) is 6.07 Å². The quantitative estimate of drug-likeness (QED) is 0.737. The summed E-state index contributed by atoms with van der Waals surface area (Å²) >= 11 is 0. The second-order valence-corrected chi connectivity index (χ2v) is 4.28. The van der Waals surface area contributed by atoms with Crippen LogP contribution in [0.1, 0.15) is 25.0 Å². The SMILES string of the molecule is CC(C)(O)c1cc(F)c2c(c1)CC(=O)N2. The second kappa shape index (κ2) is 3.03. The van der Waals surface area contributed by atoms with Gasteiger partial charge in [0, 0.05) is 0 Å². The summed E-state index contributed by atoms with van der Waals surface area (Å²) in [7, 11) is 0. The molecule has 0 unspecified atom stereocenters. The molecule has 3 nitrogen and oxygen atoms in total. The molecular weight excluding hydrogens is 197 g/mol. The number of amides is 1. The molecule has 0 saturated carbocycles. The largest absolute Gasteiger partial charge is 0.386 e. The van der Waals surface area contributed by atoms with Crippen molar-refractivity contribution in [3.05, 3.63) is 29.1 Å². The molecule has 0 fully saturated rings. The Bertz CT molecular complexity index is 435. The number of carbonyl (C=O) groups excluding carboxylic acids is 1. The molecule has 1 amide bonds. The summed E-state index contributed by atoms with van der Waals surface area (Å²) in [4.78, 5) is 11.1. The number of anilines is 1. The van der Waals surface area contributed by atoms with Crippen LogP contribution < -0.4 is 5.32 Å². The minimum absolute atomic E-state index is 0.177. The highest BCUT2D eigenvalue weighted by atomic mass is 19.1. The molecule has 1 aliphatic rings. The topological polar surface area (TPSA) is 49.3 Å². The normalized spacial score (nSPS) is 15.1. The van der Waals surface area contributed by atoms with E-state index in [0.29, 0.717) is 11.1 Å². The van der Waals surface area contributed by atoms with Gasteiger partial charge in [-0.25, -0.2) is 4.39 Å². The smallest absolute Gasteiger partial charge is 0.228 e. The van der Waals surface area contributed by atoms with E-state index in [9.17, 15) is 14.3 Å². The number of fused-ring (bicyclic) bond motifs is 1. The van der Waals surface area contributed by atoms with Crippen molar-refractivity contribution in [1.29, 1.82) is 0 Å². The van der Waals surface area contributed by atoms with Gasteiger partial charge in [-0.2, -0.15) is 0 Å². The lowest BCUT2D eigenvalue weighted by Crippen LogP contribution is -2.16. The monoisotopic (exact) mass is 209 g/mol. The third-order valence-corrected chi connectivity index (χ3v) is 2.49. The lowest BCUT2D eigenvalue weighted by Gasteiger charge is -2.18. The Morgan fingerprint density at radius 3 is 2.73 bits per heavy atom. The highest BCUT2D eigenvalue weighted by Gasteiger charge is 2.25. The highest BCUT2D eigenvalue weighted by molar-refractivity contribution is 5.99. The Hall–Kier alpha value is -1.42. The molecule has 15 heavy (non-hydrogen) atoms. The summed E-state index contributed by atoms with van der Waals surface area (Å²) in [6.45, 7) is 3.16. The first-order valence-electron chi connectivity index (χ1n) is 4.73. The van der Waals surface area contributed by atoms with Crippen molar-refractivity contribution in [2.24, 2.45) is 0 Å². The lowest BCUT2D eigenvalue weighted by atomic mass is 9.95. The van der Waals surface area contributed by atoms with Crippen molar-refractivity contribution in [1.82, 2.24) is 0 Å². The van der Waals surface area contributed by atoms with Crippen molar-refractivity contribution in [3.8, 4) is 0 Å². The fraction of sp³-hybridized carbons (Fsp3) is 0.364. The van der Waals surface area contributed by atoms with Gasteiger partial charge in [0.25, 0.3) is 0 Å². The average molecular weight is 209 g/mol. The molecule has 0 aliphatic carbocycles. The minimum atomic E-state index is -1.10. The van der Waals surface area contributed by atoms with Crippen molar-refractivity contribution in [2.75, 3.05) is 5.32 Å². The Balaban J connectivity index is 2.54. The molecule has 1 aromatic rings. The van der Waals surface area contributed by atoms with Crippen LogP contribution in [0.3, 0.4) is 0 Å². The van der Waals surface area contributed by atoms with Gasteiger partial charge in [0.15, 0.2) is 0 Å². The van der Waals surface area contributed by atoms with Crippen molar-refractivity contribution in [2.45, 2.75) is 25.9 Å². The molecule has 4 heteroatoms. The van der Waals surface area contributed by atoms with Crippen LogP contribution in [-0.4, -0.2) is 11.0 Å². The van der Waals surface area contributed by atoms with Gasteiger partial charge < -0.3 is 10.4 Å². The lowest BCUT2D eigenvalue weighted by molar-refractivity contribution is -0.115. The number of benzene rings is 1. The molecule has 0 saturated heterocycles. The zero-order chi connectivity index (χ0) is 11.2. The summed E-state index contributed by atoms with van der Waals surface area (Å²) in [6, 6.07) is 2.92. The fourth-order valence-electron chi connectivity index (χ4n) is 1.65. The van der Waals surface area contributed by atoms with E-state index in [1.807, 2.05) is 0 Å². The van der Waals surface area contributed by atoms with Gasteiger partial charge in [-0.05, 0) is 31.0 Å². The maximum absolute atomic E-state index is 13.5. The van der Waals surface area contributed by atoms with Crippen LogP contribution in [0.25, 0.3) is 0 Å². The number of aliphatic hydroxyl groups is 1. The first kappa shape index (κ1) is 10.1. The zero-order valence-corrected chi connectivity index (χ0v) is 8.60. The predicted molar refractivity (Wildman–Crippen MR) is 54.0 cm³/mol. The number of nitrogens with one attached hydrogen (secondary N) is 1. The molecule has 80 valence electrons. The van der Waals surface area contributed by atoms with Crippen LogP contribution in [0.4, 0.5) is 10.1 Å². The van der Waals surface area contributed by atoms with Gasteiger partial charge in [-0.3, -0.25) is 4.79 Å². The van der Waals surface area contributed by atoms with E-state index >= 15 is 0 Å². The zero-order valence-electron chi connectivity index (χ0n) is 8.60. The van der Waals surface area contributed by atoms with Gasteiger partial charge in [0.2, 0.25) is 5.91 Å². The third kappa shape index (κ3) is 1.72. The summed E-state index contributed by atoms with van der Waals surface area (Å²) in [5, 5.41) is 12.2. The summed E-state index contributed by atoms with van der Waals surface area (Å²) in [6.07, 6.45) is 0.177. The number of rotatable bonds is 1. The Morgan fingerprint density at radius 2 is 2.13 bits per heavy atom. The maximum Gasteiger partial charge on any atom is 0.228 e. The second-order valence-electron chi connectivity index (χ2n) is 4.28. The van der Waals surface area contributed by atoms with Crippen molar-refractivity contribution < 1.29 is 14.3 Å².